The zero-order valence-corrected chi connectivity index (χ0v) is 11.4. The molecule has 0 unspecified atom stereocenters. The van der Waals surface area contributed by atoms with E-state index in [1.165, 1.54) is 12.1 Å². The zero-order valence-electron chi connectivity index (χ0n) is 11.4. The number of nitrogen functional groups attached to an aromatic ring is 1. The van der Waals surface area contributed by atoms with Gasteiger partial charge in [0.25, 0.3) is 5.91 Å². The quantitative estimate of drug-likeness (QED) is 0.805. The average molecular weight is 265 g/mol. The molecule has 1 aliphatic heterocycles. The second kappa shape index (κ2) is 4.72. The van der Waals surface area contributed by atoms with Crippen LogP contribution in [0.15, 0.2) is 12.1 Å². The summed E-state index contributed by atoms with van der Waals surface area (Å²) in [7, 11) is 0. The van der Waals surface area contributed by atoms with E-state index in [1.54, 1.807) is 0 Å². The second-order valence-electron chi connectivity index (χ2n) is 5.91. The number of benzene rings is 1. The van der Waals surface area contributed by atoms with Gasteiger partial charge in [-0.1, -0.05) is 13.8 Å². The van der Waals surface area contributed by atoms with Gasteiger partial charge in [0, 0.05) is 18.8 Å². The van der Waals surface area contributed by atoms with Gasteiger partial charge in [-0.2, -0.15) is 0 Å². The molecule has 1 fully saturated rings. The molecule has 0 atom stereocenters. The number of nitrogens with zero attached hydrogens (tertiary/aromatic N) is 1. The third-order valence-electron chi connectivity index (χ3n) is 3.84. The Morgan fingerprint density at radius 1 is 1.32 bits per heavy atom. The lowest BCUT2D eigenvalue weighted by atomic mass is 9.82. The predicted molar refractivity (Wildman–Crippen MR) is 74.6 cm³/mol. The topological polar surface area (TPSA) is 72.3 Å². The van der Waals surface area contributed by atoms with Crippen molar-refractivity contribution in [2.24, 2.45) is 11.1 Å². The first-order chi connectivity index (χ1) is 8.80. The first-order valence-corrected chi connectivity index (χ1v) is 6.44. The van der Waals surface area contributed by atoms with Crippen LogP contribution in [0, 0.1) is 11.2 Å². The van der Waals surface area contributed by atoms with Crippen LogP contribution >= 0.6 is 0 Å². The van der Waals surface area contributed by atoms with Crippen LogP contribution < -0.4 is 16.4 Å². The molecule has 104 valence electrons. The van der Waals surface area contributed by atoms with Gasteiger partial charge in [-0.05, 0) is 30.4 Å². The molecule has 0 aromatic heterocycles. The molecule has 0 aliphatic carbocycles. The van der Waals surface area contributed by atoms with E-state index in [1.807, 2.05) is 4.90 Å². The van der Waals surface area contributed by atoms with Crippen molar-refractivity contribution >= 4 is 17.3 Å². The highest BCUT2D eigenvalue weighted by Crippen LogP contribution is 2.34. The summed E-state index contributed by atoms with van der Waals surface area (Å²) in [5.74, 6) is -1.03. The Balaban J connectivity index is 2.30. The number of hydrogen-bond acceptors (Lipinski definition) is 3. The number of rotatable bonds is 2. The Bertz CT molecular complexity index is 504. The number of nitrogens with two attached hydrogens (primary N) is 2. The number of anilines is 2. The molecule has 4 nitrogen and oxygen atoms in total. The van der Waals surface area contributed by atoms with Gasteiger partial charge >= 0.3 is 0 Å². The summed E-state index contributed by atoms with van der Waals surface area (Å²) in [6.07, 6.45) is 1.98. The van der Waals surface area contributed by atoms with E-state index >= 15 is 0 Å². The Morgan fingerprint density at radius 2 is 1.89 bits per heavy atom. The molecule has 5 heteroatoms. The molecule has 4 N–H and O–H groups in total. The number of carbonyl (C=O) groups is 1. The molecule has 19 heavy (non-hydrogen) atoms. The lowest BCUT2D eigenvalue weighted by molar-refractivity contribution is 0.100. The highest BCUT2D eigenvalue weighted by molar-refractivity contribution is 5.99. The summed E-state index contributed by atoms with van der Waals surface area (Å²) in [5, 5.41) is 0. The van der Waals surface area contributed by atoms with Crippen molar-refractivity contribution in [3.8, 4) is 0 Å². The second-order valence-corrected chi connectivity index (χ2v) is 5.91. The van der Waals surface area contributed by atoms with Crippen molar-refractivity contribution in [3.63, 3.8) is 0 Å². The smallest absolute Gasteiger partial charge is 0.250 e. The van der Waals surface area contributed by atoms with Gasteiger partial charge in [0.1, 0.15) is 5.82 Å². The highest BCUT2D eigenvalue weighted by atomic mass is 19.1. The molecule has 1 heterocycles. The third-order valence-corrected chi connectivity index (χ3v) is 3.84. The van der Waals surface area contributed by atoms with Crippen molar-refractivity contribution in [2.45, 2.75) is 26.7 Å². The maximum atomic E-state index is 14.0. The van der Waals surface area contributed by atoms with Gasteiger partial charge in [-0.3, -0.25) is 4.79 Å². The van der Waals surface area contributed by atoms with Crippen LogP contribution in [0.25, 0.3) is 0 Å². The standard InChI is InChI=1S/C14H20FN3O/c1-14(2)3-5-18(6-4-14)12-7-9(13(17)19)11(16)8-10(12)15/h7-8H,3-6,16H2,1-2H3,(H2,17,19). The summed E-state index contributed by atoms with van der Waals surface area (Å²) >= 11 is 0. The van der Waals surface area contributed by atoms with Crippen molar-refractivity contribution < 1.29 is 9.18 Å². The molecule has 0 bridgehead atoms. The Morgan fingerprint density at radius 3 is 2.42 bits per heavy atom. The minimum absolute atomic E-state index is 0.0890. The fraction of sp³-hybridized carbons (Fsp3) is 0.500. The first kappa shape index (κ1) is 13.6. The van der Waals surface area contributed by atoms with Crippen LogP contribution in [0.4, 0.5) is 15.8 Å². The van der Waals surface area contributed by atoms with Gasteiger partial charge in [-0.15, -0.1) is 0 Å². The Labute approximate surface area is 112 Å². The Kier molecular flexibility index (Phi) is 3.39. The molecule has 0 radical (unpaired) electrons. The predicted octanol–water partition coefficient (Wildman–Crippen LogP) is 2.13. The lowest BCUT2D eigenvalue weighted by Gasteiger charge is -2.38. The molecule has 1 saturated heterocycles. The van der Waals surface area contributed by atoms with Crippen molar-refractivity contribution in [2.75, 3.05) is 23.7 Å². The maximum absolute atomic E-state index is 14.0. The number of primary amides is 1. The van der Waals surface area contributed by atoms with Crippen molar-refractivity contribution in [3.05, 3.63) is 23.5 Å². The SMILES string of the molecule is CC1(C)CCN(c2cc(C(N)=O)c(N)cc2F)CC1. The van der Waals surface area contributed by atoms with Gasteiger partial charge in [0.15, 0.2) is 0 Å². The number of hydrogen-bond donors (Lipinski definition) is 2. The van der Waals surface area contributed by atoms with Crippen LogP contribution in [0.1, 0.15) is 37.0 Å². The minimum Gasteiger partial charge on any atom is -0.398 e. The van der Waals surface area contributed by atoms with Gasteiger partial charge in [-0.25, -0.2) is 4.39 Å². The van der Waals surface area contributed by atoms with Crippen LogP contribution in [-0.2, 0) is 0 Å². The van der Waals surface area contributed by atoms with E-state index in [0.29, 0.717) is 5.69 Å². The molecule has 1 aromatic rings. The van der Waals surface area contributed by atoms with E-state index in [-0.39, 0.29) is 16.7 Å². The molecule has 1 amide bonds. The average Bonchev–Trinajstić information content (AvgIpc) is 2.29. The molecule has 1 aliphatic rings. The summed E-state index contributed by atoms with van der Waals surface area (Å²) < 4.78 is 14.0. The largest absolute Gasteiger partial charge is 0.398 e. The van der Waals surface area contributed by atoms with E-state index in [2.05, 4.69) is 13.8 Å². The number of amides is 1. The van der Waals surface area contributed by atoms with E-state index < -0.39 is 11.7 Å². The molecular weight excluding hydrogens is 245 g/mol. The molecule has 0 spiro atoms. The monoisotopic (exact) mass is 265 g/mol. The maximum Gasteiger partial charge on any atom is 0.250 e. The Hall–Kier alpha value is -1.78. The summed E-state index contributed by atoms with van der Waals surface area (Å²) in [5.41, 5.74) is 11.8. The van der Waals surface area contributed by atoms with Crippen molar-refractivity contribution in [1.82, 2.24) is 0 Å². The fourth-order valence-electron chi connectivity index (χ4n) is 2.39. The normalized spacial score (nSPS) is 18.4. The number of halogens is 1. The van der Waals surface area contributed by atoms with Gasteiger partial charge in [0.05, 0.1) is 11.3 Å². The summed E-state index contributed by atoms with van der Waals surface area (Å²) in [6.45, 7) is 5.95. The van der Waals surface area contributed by atoms with Crippen LogP contribution in [0.3, 0.4) is 0 Å². The molecule has 0 saturated carbocycles. The molecule has 1 aromatic carbocycles. The van der Waals surface area contributed by atoms with Crippen molar-refractivity contribution in [1.29, 1.82) is 0 Å². The minimum atomic E-state index is -0.629. The first-order valence-electron chi connectivity index (χ1n) is 6.44. The summed E-state index contributed by atoms with van der Waals surface area (Å²) in [6, 6.07) is 2.64. The van der Waals surface area contributed by atoms with Crippen LogP contribution in [0.2, 0.25) is 0 Å². The highest BCUT2D eigenvalue weighted by Gasteiger charge is 2.27. The lowest BCUT2D eigenvalue weighted by Crippen LogP contribution is -2.38. The van der Waals surface area contributed by atoms with Gasteiger partial charge < -0.3 is 16.4 Å². The fourth-order valence-corrected chi connectivity index (χ4v) is 2.39. The summed E-state index contributed by atoms with van der Waals surface area (Å²) in [4.78, 5) is 13.2. The van der Waals surface area contributed by atoms with Crippen LogP contribution in [0.5, 0.6) is 0 Å². The zero-order chi connectivity index (χ0) is 14.2. The molecular formula is C14H20FN3O. The van der Waals surface area contributed by atoms with Crippen LogP contribution in [-0.4, -0.2) is 19.0 Å². The van der Waals surface area contributed by atoms with E-state index in [0.717, 1.165) is 25.9 Å². The van der Waals surface area contributed by atoms with E-state index in [9.17, 15) is 9.18 Å². The molecule has 2 rings (SSSR count). The van der Waals surface area contributed by atoms with Gasteiger partial charge in [0.2, 0.25) is 0 Å². The van der Waals surface area contributed by atoms with E-state index in [4.69, 9.17) is 11.5 Å². The number of carbonyl (C=O) groups excluding carboxylic acids is 1. The number of piperidine rings is 1. The third kappa shape index (κ3) is 2.80.